The Morgan fingerprint density at radius 1 is 1.21 bits per heavy atom. The number of amides is 2. The van der Waals surface area contributed by atoms with E-state index >= 15 is 0 Å². The zero-order valence-corrected chi connectivity index (χ0v) is 16.6. The number of nitrogens with one attached hydrogen (secondary N) is 1. The number of likely N-dealkylation sites (tertiary alicyclic amines) is 1. The van der Waals surface area contributed by atoms with Gasteiger partial charge in [-0.3, -0.25) is 0 Å². The summed E-state index contributed by atoms with van der Waals surface area (Å²) in [5, 5.41) is 7.47. The molecule has 2 heterocycles. The van der Waals surface area contributed by atoms with Crippen molar-refractivity contribution in [3.63, 3.8) is 0 Å². The molecule has 8 nitrogen and oxygen atoms in total. The fourth-order valence-electron chi connectivity index (χ4n) is 3.04. The van der Waals surface area contributed by atoms with Crippen molar-refractivity contribution in [1.29, 1.82) is 0 Å². The largest absolute Gasteiger partial charge is 0.497 e. The fraction of sp³-hybridized carbons (Fsp3) is 0.250. The highest BCUT2D eigenvalue weighted by Crippen LogP contribution is 2.32. The van der Waals surface area contributed by atoms with E-state index in [1.54, 1.807) is 42.3 Å². The van der Waals surface area contributed by atoms with Gasteiger partial charge in [-0.1, -0.05) is 28.9 Å². The molecule has 0 atom stereocenters. The monoisotopic (exact) mass is 414 g/mol. The van der Waals surface area contributed by atoms with Gasteiger partial charge in [0.15, 0.2) is 0 Å². The van der Waals surface area contributed by atoms with Gasteiger partial charge in [0.25, 0.3) is 0 Å². The van der Waals surface area contributed by atoms with Crippen molar-refractivity contribution in [3.05, 3.63) is 53.4 Å². The van der Waals surface area contributed by atoms with Crippen molar-refractivity contribution >= 4 is 23.3 Å². The van der Waals surface area contributed by atoms with Crippen LogP contribution in [0.2, 0.25) is 5.02 Å². The molecule has 1 aliphatic heterocycles. The third-order valence-electron chi connectivity index (χ3n) is 4.69. The van der Waals surface area contributed by atoms with E-state index in [9.17, 15) is 4.79 Å². The molecule has 1 aliphatic rings. The van der Waals surface area contributed by atoms with Gasteiger partial charge < -0.3 is 24.2 Å². The number of aromatic nitrogens is 2. The number of hydrogen-bond acceptors (Lipinski definition) is 6. The second-order valence-electron chi connectivity index (χ2n) is 6.56. The molecule has 0 radical (unpaired) electrons. The first-order chi connectivity index (χ1) is 14.1. The predicted octanol–water partition coefficient (Wildman–Crippen LogP) is 4.04. The highest BCUT2D eigenvalue weighted by molar-refractivity contribution is 6.30. The first kappa shape index (κ1) is 19.1. The summed E-state index contributed by atoms with van der Waals surface area (Å²) in [4.78, 5) is 18.6. The van der Waals surface area contributed by atoms with E-state index in [0.717, 1.165) is 5.56 Å². The lowest BCUT2D eigenvalue weighted by molar-refractivity contribution is 0.147. The molecule has 1 saturated heterocycles. The van der Waals surface area contributed by atoms with E-state index in [1.807, 2.05) is 12.1 Å². The minimum Gasteiger partial charge on any atom is -0.497 e. The predicted molar refractivity (Wildman–Crippen MR) is 108 cm³/mol. The molecule has 2 amide bonds. The number of ether oxygens (including phenoxy) is 2. The molecule has 1 fully saturated rings. The SMILES string of the molecule is COc1ccc(NC(=O)N2CC(c3nc(-c4cccc(Cl)c4)no3)C2)c(OC)c1. The molecule has 150 valence electrons. The molecular weight excluding hydrogens is 396 g/mol. The first-order valence-corrected chi connectivity index (χ1v) is 9.32. The molecule has 0 unspecified atom stereocenters. The maximum absolute atomic E-state index is 12.5. The minimum atomic E-state index is -0.223. The summed E-state index contributed by atoms with van der Waals surface area (Å²) in [7, 11) is 3.11. The average molecular weight is 415 g/mol. The minimum absolute atomic E-state index is 0.000975. The van der Waals surface area contributed by atoms with Gasteiger partial charge in [0, 0.05) is 29.7 Å². The summed E-state index contributed by atoms with van der Waals surface area (Å²) in [5.74, 6) is 2.16. The second-order valence-corrected chi connectivity index (χ2v) is 7.00. The molecule has 0 aliphatic carbocycles. The summed E-state index contributed by atoms with van der Waals surface area (Å²) in [5.41, 5.74) is 1.36. The molecule has 1 aromatic heterocycles. The van der Waals surface area contributed by atoms with Crippen molar-refractivity contribution in [2.45, 2.75) is 5.92 Å². The number of nitrogens with zero attached hydrogens (tertiary/aromatic N) is 3. The lowest BCUT2D eigenvalue weighted by atomic mass is 10.0. The van der Waals surface area contributed by atoms with Crippen LogP contribution in [0.5, 0.6) is 11.5 Å². The Morgan fingerprint density at radius 2 is 2.03 bits per heavy atom. The number of halogens is 1. The Hall–Kier alpha value is -3.26. The van der Waals surface area contributed by atoms with E-state index in [0.29, 0.717) is 47.0 Å². The smallest absolute Gasteiger partial charge is 0.321 e. The lowest BCUT2D eigenvalue weighted by Gasteiger charge is -2.36. The van der Waals surface area contributed by atoms with Crippen LogP contribution in [0.15, 0.2) is 47.0 Å². The molecular formula is C20H19ClN4O4. The Labute approximate surface area is 172 Å². The molecule has 4 rings (SSSR count). The maximum Gasteiger partial charge on any atom is 0.321 e. The number of methoxy groups -OCH3 is 2. The fourth-order valence-corrected chi connectivity index (χ4v) is 3.23. The molecule has 1 N–H and O–H groups in total. The van der Waals surface area contributed by atoms with E-state index in [4.69, 9.17) is 25.6 Å². The molecule has 29 heavy (non-hydrogen) atoms. The number of anilines is 1. The average Bonchev–Trinajstić information content (AvgIpc) is 3.17. The summed E-state index contributed by atoms with van der Waals surface area (Å²) in [6.45, 7) is 0.975. The standard InChI is InChI=1S/C20H19ClN4O4/c1-27-15-6-7-16(17(9-15)28-2)22-20(26)25-10-13(11-25)19-23-18(24-29-19)12-4-3-5-14(21)8-12/h3-9,13H,10-11H2,1-2H3,(H,22,26). The quantitative estimate of drug-likeness (QED) is 0.677. The highest BCUT2D eigenvalue weighted by Gasteiger charge is 2.36. The summed E-state index contributed by atoms with van der Waals surface area (Å²) >= 11 is 6.01. The number of carbonyl (C=O) groups excluding carboxylic acids is 1. The Kier molecular flexibility index (Phi) is 5.26. The van der Waals surface area contributed by atoms with Crippen LogP contribution in [0.1, 0.15) is 11.8 Å². The van der Waals surface area contributed by atoms with E-state index in [1.165, 1.54) is 7.11 Å². The van der Waals surface area contributed by atoms with Crippen LogP contribution in [0, 0.1) is 0 Å². The van der Waals surface area contributed by atoms with Gasteiger partial charge in [0.05, 0.1) is 25.8 Å². The van der Waals surface area contributed by atoms with Crippen molar-refractivity contribution in [1.82, 2.24) is 15.0 Å². The van der Waals surface area contributed by atoms with Crippen LogP contribution in [0.25, 0.3) is 11.4 Å². The van der Waals surface area contributed by atoms with Crippen LogP contribution >= 0.6 is 11.6 Å². The Balaban J connectivity index is 1.37. The van der Waals surface area contributed by atoms with Crippen molar-refractivity contribution in [3.8, 4) is 22.9 Å². The van der Waals surface area contributed by atoms with Crippen LogP contribution in [0.3, 0.4) is 0 Å². The van der Waals surface area contributed by atoms with Crippen LogP contribution < -0.4 is 14.8 Å². The topological polar surface area (TPSA) is 89.7 Å². The molecule has 9 heteroatoms. The number of carbonyl (C=O) groups is 1. The van der Waals surface area contributed by atoms with E-state index in [-0.39, 0.29) is 11.9 Å². The number of benzene rings is 2. The molecule has 3 aromatic rings. The Morgan fingerprint density at radius 3 is 2.76 bits per heavy atom. The maximum atomic E-state index is 12.5. The van der Waals surface area contributed by atoms with Crippen molar-refractivity contribution in [2.75, 3.05) is 32.6 Å². The van der Waals surface area contributed by atoms with Crippen LogP contribution in [0.4, 0.5) is 10.5 Å². The third-order valence-corrected chi connectivity index (χ3v) is 4.93. The summed E-state index contributed by atoms with van der Waals surface area (Å²) in [6, 6.07) is 12.2. The number of hydrogen-bond donors (Lipinski definition) is 1. The van der Waals surface area contributed by atoms with Gasteiger partial charge in [-0.15, -0.1) is 0 Å². The lowest BCUT2D eigenvalue weighted by Crippen LogP contribution is -2.50. The van der Waals surface area contributed by atoms with Gasteiger partial charge in [-0.2, -0.15) is 4.98 Å². The number of urea groups is 1. The first-order valence-electron chi connectivity index (χ1n) is 8.95. The van der Waals surface area contributed by atoms with Gasteiger partial charge in [-0.05, 0) is 24.3 Å². The highest BCUT2D eigenvalue weighted by atomic mass is 35.5. The van der Waals surface area contributed by atoms with Gasteiger partial charge in [0.2, 0.25) is 11.7 Å². The zero-order valence-electron chi connectivity index (χ0n) is 15.9. The summed E-state index contributed by atoms with van der Waals surface area (Å²) < 4.78 is 15.8. The second kappa shape index (κ2) is 8.00. The van der Waals surface area contributed by atoms with Crippen LogP contribution in [-0.2, 0) is 0 Å². The van der Waals surface area contributed by atoms with Crippen molar-refractivity contribution < 1.29 is 18.8 Å². The zero-order chi connectivity index (χ0) is 20.4. The van der Waals surface area contributed by atoms with E-state index in [2.05, 4.69) is 15.5 Å². The van der Waals surface area contributed by atoms with Gasteiger partial charge >= 0.3 is 6.03 Å². The third kappa shape index (κ3) is 3.97. The molecule has 0 spiro atoms. The molecule has 0 saturated carbocycles. The number of rotatable bonds is 5. The van der Waals surface area contributed by atoms with Gasteiger partial charge in [-0.25, -0.2) is 4.79 Å². The summed E-state index contributed by atoms with van der Waals surface area (Å²) in [6.07, 6.45) is 0. The molecule has 0 bridgehead atoms. The molecule has 2 aromatic carbocycles. The van der Waals surface area contributed by atoms with Crippen LogP contribution in [-0.4, -0.2) is 48.4 Å². The Bertz CT molecular complexity index is 1030. The van der Waals surface area contributed by atoms with Gasteiger partial charge in [0.1, 0.15) is 11.5 Å². The van der Waals surface area contributed by atoms with E-state index < -0.39 is 0 Å². The van der Waals surface area contributed by atoms with Crippen molar-refractivity contribution in [2.24, 2.45) is 0 Å². The normalized spacial score (nSPS) is 13.7.